The van der Waals surface area contributed by atoms with Crippen molar-refractivity contribution in [1.82, 2.24) is 4.98 Å². The third-order valence-electron chi connectivity index (χ3n) is 2.53. The molecule has 1 aromatic rings. The Bertz CT molecular complexity index is 321. The molecule has 0 spiro atoms. The number of hydrogen-bond acceptors (Lipinski definition) is 3. The van der Waals surface area contributed by atoms with Gasteiger partial charge in [-0.2, -0.15) is 0 Å². The third kappa shape index (κ3) is 2.23. The predicted octanol–water partition coefficient (Wildman–Crippen LogP) is 1.67. The molecule has 1 fully saturated rings. The van der Waals surface area contributed by atoms with Gasteiger partial charge in [0, 0.05) is 12.3 Å². The highest BCUT2D eigenvalue weighted by molar-refractivity contribution is 5.27. The van der Waals surface area contributed by atoms with Gasteiger partial charge in [-0.15, -0.1) is 0 Å². The quantitative estimate of drug-likeness (QED) is 0.791. The number of ether oxygens (including phenoxy) is 1. The van der Waals surface area contributed by atoms with E-state index in [-0.39, 0.29) is 6.61 Å². The molecule has 76 valence electrons. The van der Waals surface area contributed by atoms with Crippen LogP contribution in [0.25, 0.3) is 0 Å². The van der Waals surface area contributed by atoms with Gasteiger partial charge >= 0.3 is 0 Å². The Labute approximate surface area is 83.7 Å². The number of hydrogen-bond donors (Lipinski definition) is 1. The summed E-state index contributed by atoms with van der Waals surface area (Å²) in [7, 11) is 0. The van der Waals surface area contributed by atoms with Gasteiger partial charge in [-0.1, -0.05) is 0 Å². The zero-order chi connectivity index (χ0) is 9.97. The van der Waals surface area contributed by atoms with E-state index in [0.29, 0.717) is 5.88 Å². The molecule has 0 saturated heterocycles. The number of aromatic nitrogens is 1. The minimum Gasteiger partial charge on any atom is -0.477 e. The molecule has 2 rings (SSSR count). The van der Waals surface area contributed by atoms with Crippen molar-refractivity contribution in [1.29, 1.82) is 0 Å². The first-order valence-electron chi connectivity index (χ1n) is 4.99. The third-order valence-corrected chi connectivity index (χ3v) is 2.53. The maximum absolute atomic E-state index is 8.96. The van der Waals surface area contributed by atoms with Crippen LogP contribution in [-0.4, -0.2) is 16.7 Å². The van der Waals surface area contributed by atoms with Crippen molar-refractivity contribution in [2.45, 2.75) is 26.4 Å². The van der Waals surface area contributed by atoms with Gasteiger partial charge in [-0.05, 0) is 36.8 Å². The van der Waals surface area contributed by atoms with E-state index in [1.165, 1.54) is 12.8 Å². The lowest BCUT2D eigenvalue weighted by atomic mass is 10.2. The lowest BCUT2D eigenvalue weighted by Gasteiger charge is -2.06. The van der Waals surface area contributed by atoms with Crippen LogP contribution in [0.4, 0.5) is 0 Å². The molecule has 0 aliphatic heterocycles. The minimum absolute atomic E-state index is 0.0434. The molecular formula is C11H15NO2. The Kier molecular flexibility index (Phi) is 2.68. The average molecular weight is 193 g/mol. The molecule has 1 aromatic heterocycles. The van der Waals surface area contributed by atoms with Crippen LogP contribution >= 0.6 is 0 Å². The summed E-state index contributed by atoms with van der Waals surface area (Å²) in [5.74, 6) is 1.42. The van der Waals surface area contributed by atoms with Gasteiger partial charge in [0.1, 0.15) is 0 Å². The van der Waals surface area contributed by atoms with Crippen LogP contribution in [0.2, 0.25) is 0 Å². The summed E-state index contributed by atoms with van der Waals surface area (Å²) in [5.41, 5.74) is 1.90. The Balaban J connectivity index is 1.99. The number of aliphatic hydroxyl groups excluding tert-OH is 1. The molecular weight excluding hydrogens is 178 g/mol. The second kappa shape index (κ2) is 3.96. The SMILES string of the molecule is Cc1cc(OCC2CC2)ncc1CO. The lowest BCUT2D eigenvalue weighted by Crippen LogP contribution is -2.02. The van der Waals surface area contributed by atoms with Crippen molar-refractivity contribution in [2.75, 3.05) is 6.61 Å². The van der Waals surface area contributed by atoms with Crippen LogP contribution in [-0.2, 0) is 6.61 Å². The van der Waals surface area contributed by atoms with Crippen LogP contribution in [0.15, 0.2) is 12.3 Å². The van der Waals surface area contributed by atoms with Crippen molar-refractivity contribution in [3.05, 3.63) is 23.4 Å². The number of aryl methyl sites for hydroxylation is 1. The Morgan fingerprint density at radius 2 is 2.36 bits per heavy atom. The summed E-state index contributed by atoms with van der Waals surface area (Å²) in [4.78, 5) is 4.13. The number of pyridine rings is 1. The number of aliphatic hydroxyl groups is 1. The first-order valence-corrected chi connectivity index (χ1v) is 4.99. The number of rotatable bonds is 4. The van der Waals surface area contributed by atoms with Gasteiger partial charge in [-0.25, -0.2) is 4.98 Å². The van der Waals surface area contributed by atoms with Gasteiger partial charge in [0.2, 0.25) is 5.88 Å². The second-order valence-electron chi connectivity index (χ2n) is 3.86. The van der Waals surface area contributed by atoms with Gasteiger partial charge < -0.3 is 9.84 Å². The Hall–Kier alpha value is -1.09. The van der Waals surface area contributed by atoms with Gasteiger partial charge in [0.15, 0.2) is 0 Å². The van der Waals surface area contributed by atoms with Crippen molar-refractivity contribution in [3.8, 4) is 5.88 Å². The number of nitrogens with zero attached hydrogens (tertiary/aromatic N) is 1. The highest BCUT2D eigenvalue weighted by Gasteiger charge is 2.22. The van der Waals surface area contributed by atoms with Crippen LogP contribution in [0.3, 0.4) is 0 Å². The zero-order valence-electron chi connectivity index (χ0n) is 8.36. The molecule has 0 unspecified atom stereocenters. The van der Waals surface area contributed by atoms with E-state index in [2.05, 4.69) is 4.98 Å². The molecule has 1 aliphatic rings. The molecule has 0 aromatic carbocycles. The second-order valence-corrected chi connectivity index (χ2v) is 3.86. The zero-order valence-corrected chi connectivity index (χ0v) is 8.36. The molecule has 1 aliphatic carbocycles. The molecule has 3 nitrogen and oxygen atoms in total. The molecule has 0 radical (unpaired) electrons. The average Bonchev–Trinajstić information content (AvgIpc) is 2.98. The van der Waals surface area contributed by atoms with E-state index in [9.17, 15) is 0 Å². The lowest BCUT2D eigenvalue weighted by molar-refractivity contribution is 0.276. The van der Waals surface area contributed by atoms with Crippen molar-refractivity contribution in [3.63, 3.8) is 0 Å². The summed E-state index contributed by atoms with van der Waals surface area (Å²) < 4.78 is 5.52. The summed E-state index contributed by atoms with van der Waals surface area (Å²) in [5, 5.41) is 8.96. The first kappa shape index (κ1) is 9.46. The normalized spacial score (nSPS) is 15.6. The molecule has 1 N–H and O–H groups in total. The van der Waals surface area contributed by atoms with E-state index in [1.807, 2.05) is 13.0 Å². The Morgan fingerprint density at radius 3 is 2.93 bits per heavy atom. The van der Waals surface area contributed by atoms with Gasteiger partial charge in [0.05, 0.1) is 13.2 Å². The van der Waals surface area contributed by atoms with Crippen LogP contribution in [0, 0.1) is 12.8 Å². The summed E-state index contributed by atoms with van der Waals surface area (Å²) in [6, 6.07) is 1.88. The topological polar surface area (TPSA) is 42.4 Å². The smallest absolute Gasteiger partial charge is 0.213 e. The van der Waals surface area contributed by atoms with E-state index in [0.717, 1.165) is 23.7 Å². The summed E-state index contributed by atoms with van der Waals surface area (Å²) >= 11 is 0. The van der Waals surface area contributed by atoms with Gasteiger partial charge in [0.25, 0.3) is 0 Å². The minimum atomic E-state index is 0.0434. The van der Waals surface area contributed by atoms with Crippen LogP contribution in [0.1, 0.15) is 24.0 Å². The molecule has 0 bridgehead atoms. The highest BCUT2D eigenvalue weighted by atomic mass is 16.5. The fourth-order valence-corrected chi connectivity index (χ4v) is 1.29. The van der Waals surface area contributed by atoms with Crippen molar-refractivity contribution in [2.24, 2.45) is 5.92 Å². The van der Waals surface area contributed by atoms with Crippen molar-refractivity contribution < 1.29 is 9.84 Å². The fraction of sp³-hybridized carbons (Fsp3) is 0.545. The Morgan fingerprint density at radius 1 is 1.57 bits per heavy atom. The van der Waals surface area contributed by atoms with E-state index in [1.54, 1.807) is 6.20 Å². The largest absolute Gasteiger partial charge is 0.477 e. The van der Waals surface area contributed by atoms with E-state index in [4.69, 9.17) is 9.84 Å². The summed E-state index contributed by atoms with van der Waals surface area (Å²) in [6.07, 6.45) is 4.25. The first-order chi connectivity index (χ1) is 6.79. The molecule has 1 heterocycles. The van der Waals surface area contributed by atoms with Gasteiger partial charge in [-0.3, -0.25) is 0 Å². The van der Waals surface area contributed by atoms with Crippen LogP contribution in [0.5, 0.6) is 5.88 Å². The maximum Gasteiger partial charge on any atom is 0.213 e. The fourth-order valence-electron chi connectivity index (χ4n) is 1.29. The molecule has 3 heteroatoms. The van der Waals surface area contributed by atoms with Crippen LogP contribution < -0.4 is 4.74 Å². The molecule has 0 amide bonds. The highest BCUT2D eigenvalue weighted by Crippen LogP contribution is 2.29. The maximum atomic E-state index is 8.96. The summed E-state index contributed by atoms with van der Waals surface area (Å²) in [6.45, 7) is 2.78. The standard InChI is InChI=1S/C11H15NO2/c1-8-4-11(12-5-10(8)6-13)14-7-9-2-3-9/h4-5,9,13H,2-3,6-7H2,1H3. The monoisotopic (exact) mass is 193 g/mol. The predicted molar refractivity (Wildman–Crippen MR) is 53.1 cm³/mol. The van der Waals surface area contributed by atoms with E-state index >= 15 is 0 Å². The molecule has 1 saturated carbocycles. The molecule has 0 atom stereocenters. The van der Waals surface area contributed by atoms with E-state index < -0.39 is 0 Å². The van der Waals surface area contributed by atoms with Crippen molar-refractivity contribution >= 4 is 0 Å². The molecule has 14 heavy (non-hydrogen) atoms.